The topological polar surface area (TPSA) is 73.3 Å². The third-order valence-corrected chi connectivity index (χ3v) is 5.15. The maximum atomic E-state index is 13.5. The minimum atomic E-state index is -0.369. The summed E-state index contributed by atoms with van der Waals surface area (Å²) in [6.45, 7) is 1.71. The Morgan fingerprint density at radius 2 is 1.55 bits per heavy atom. The highest BCUT2D eigenvalue weighted by Gasteiger charge is 2.27. The van der Waals surface area contributed by atoms with E-state index in [0.717, 1.165) is 17.4 Å². The summed E-state index contributed by atoms with van der Waals surface area (Å²) in [5.41, 5.74) is 3.47. The Balaban J connectivity index is 1.69. The summed E-state index contributed by atoms with van der Waals surface area (Å²) in [5, 5.41) is 0.698. The first-order chi connectivity index (χ1) is 15.2. The van der Waals surface area contributed by atoms with Crippen LogP contribution in [0.2, 0.25) is 0 Å². The second kappa shape index (κ2) is 7.54. The number of oxazole rings is 1. The molecule has 0 aliphatic rings. The number of rotatable bonds is 5. The Hall–Kier alpha value is -4.25. The van der Waals surface area contributed by atoms with E-state index < -0.39 is 0 Å². The monoisotopic (exact) mass is 407 g/mol. The van der Waals surface area contributed by atoms with Gasteiger partial charge in [-0.25, -0.2) is 4.98 Å². The number of benzene rings is 3. The van der Waals surface area contributed by atoms with Crippen LogP contribution in [0.1, 0.15) is 32.4 Å². The summed E-state index contributed by atoms with van der Waals surface area (Å²) in [6, 6.07) is 24.0. The quantitative estimate of drug-likeness (QED) is 0.260. The van der Waals surface area contributed by atoms with Crippen LogP contribution in [0.15, 0.2) is 87.7 Å². The molecule has 2 heterocycles. The van der Waals surface area contributed by atoms with Crippen molar-refractivity contribution in [2.24, 2.45) is 0 Å². The van der Waals surface area contributed by atoms with E-state index >= 15 is 0 Å². The Labute approximate surface area is 178 Å². The lowest BCUT2D eigenvalue weighted by atomic mass is 9.98. The summed E-state index contributed by atoms with van der Waals surface area (Å²) < 4.78 is 11.8. The van der Waals surface area contributed by atoms with Gasteiger partial charge in [-0.05, 0) is 42.8 Å². The van der Waals surface area contributed by atoms with Gasteiger partial charge in [-0.1, -0.05) is 48.5 Å². The van der Waals surface area contributed by atoms with Gasteiger partial charge in [-0.2, -0.15) is 0 Å². The van der Waals surface area contributed by atoms with Crippen molar-refractivity contribution in [3.63, 3.8) is 0 Å². The van der Waals surface area contributed by atoms with Crippen molar-refractivity contribution in [2.45, 2.75) is 6.92 Å². The van der Waals surface area contributed by atoms with Gasteiger partial charge in [0.15, 0.2) is 11.5 Å². The van der Waals surface area contributed by atoms with Gasteiger partial charge in [0.05, 0.1) is 0 Å². The lowest BCUT2D eigenvalue weighted by molar-refractivity contribution is 0.101. The van der Waals surface area contributed by atoms with Gasteiger partial charge in [0, 0.05) is 22.1 Å². The standard InChI is InChI=1S/C26H17NO4/c1-16-23(27-26(30-16)19-10-6-3-7-11-19)24(29)25-22(18-8-4-2-5-9-18)20-14-17(15-28)12-13-21(20)31-25/h2-15H,1H3. The SMILES string of the molecule is Cc1oc(-c2ccccc2)nc1C(=O)c1oc2ccc(C=O)cc2c1-c1ccccc1. The fourth-order valence-electron chi connectivity index (χ4n) is 3.66. The van der Waals surface area contributed by atoms with Crippen LogP contribution in [0.4, 0.5) is 0 Å². The number of aromatic nitrogens is 1. The molecule has 0 unspecified atom stereocenters. The molecule has 5 rings (SSSR count). The van der Waals surface area contributed by atoms with Gasteiger partial charge in [0.1, 0.15) is 17.6 Å². The van der Waals surface area contributed by atoms with Gasteiger partial charge in [-0.15, -0.1) is 0 Å². The van der Waals surface area contributed by atoms with Gasteiger partial charge < -0.3 is 8.83 Å². The number of ketones is 1. The summed E-state index contributed by atoms with van der Waals surface area (Å²) in [5.74, 6) is 0.588. The fraction of sp³-hybridized carbons (Fsp3) is 0.0385. The highest BCUT2D eigenvalue weighted by molar-refractivity contribution is 6.15. The molecule has 0 fully saturated rings. The van der Waals surface area contributed by atoms with Crippen molar-refractivity contribution in [3.05, 3.63) is 102 Å². The first-order valence-corrected chi connectivity index (χ1v) is 9.80. The Bertz CT molecular complexity index is 1410. The van der Waals surface area contributed by atoms with E-state index in [9.17, 15) is 9.59 Å². The van der Waals surface area contributed by atoms with Crippen LogP contribution in [0.25, 0.3) is 33.6 Å². The van der Waals surface area contributed by atoms with Crippen LogP contribution in [0, 0.1) is 6.92 Å². The number of carbonyl (C=O) groups is 2. The van der Waals surface area contributed by atoms with Crippen LogP contribution in [-0.4, -0.2) is 17.1 Å². The number of nitrogens with zero attached hydrogens (tertiary/aromatic N) is 1. The zero-order chi connectivity index (χ0) is 21.4. The molecule has 0 aliphatic carbocycles. The molecule has 0 radical (unpaired) electrons. The molecule has 2 aromatic heterocycles. The summed E-state index contributed by atoms with van der Waals surface area (Å²) >= 11 is 0. The van der Waals surface area contributed by atoms with Crippen molar-refractivity contribution in [1.29, 1.82) is 0 Å². The predicted molar refractivity (Wildman–Crippen MR) is 117 cm³/mol. The van der Waals surface area contributed by atoms with Crippen molar-refractivity contribution < 1.29 is 18.4 Å². The molecule has 5 aromatic rings. The normalized spacial score (nSPS) is 11.0. The van der Waals surface area contributed by atoms with Crippen molar-refractivity contribution in [3.8, 4) is 22.6 Å². The fourth-order valence-corrected chi connectivity index (χ4v) is 3.66. The molecule has 0 saturated carbocycles. The average molecular weight is 407 g/mol. The number of furan rings is 1. The summed E-state index contributed by atoms with van der Waals surface area (Å²) in [7, 11) is 0. The molecule has 31 heavy (non-hydrogen) atoms. The van der Waals surface area contributed by atoms with Crippen LogP contribution in [0.5, 0.6) is 0 Å². The second-order valence-electron chi connectivity index (χ2n) is 7.16. The molecule has 150 valence electrons. The van der Waals surface area contributed by atoms with Gasteiger partial charge >= 0.3 is 0 Å². The van der Waals surface area contributed by atoms with Crippen LogP contribution < -0.4 is 0 Å². The predicted octanol–water partition coefficient (Wildman–Crippen LogP) is 6.11. The van der Waals surface area contributed by atoms with Gasteiger partial charge in [-0.3, -0.25) is 9.59 Å². The Morgan fingerprint density at radius 3 is 2.23 bits per heavy atom. The minimum Gasteiger partial charge on any atom is -0.452 e. The molecule has 0 amide bonds. The highest BCUT2D eigenvalue weighted by atomic mass is 16.4. The van der Waals surface area contributed by atoms with Crippen molar-refractivity contribution in [2.75, 3.05) is 0 Å². The number of aryl methyl sites for hydroxylation is 1. The number of fused-ring (bicyclic) bond motifs is 1. The molecule has 0 bridgehead atoms. The molecule has 5 heteroatoms. The van der Waals surface area contributed by atoms with E-state index in [4.69, 9.17) is 8.83 Å². The maximum Gasteiger partial charge on any atom is 0.250 e. The molecular weight excluding hydrogens is 390 g/mol. The summed E-state index contributed by atoms with van der Waals surface area (Å²) in [6.07, 6.45) is 0.774. The molecule has 5 nitrogen and oxygen atoms in total. The molecule has 3 aromatic carbocycles. The highest BCUT2D eigenvalue weighted by Crippen LogP contribution is 2.37. The van der Waals surface area contributed by atoms with Crippen LogP contribution in [-0.2, 0) is 0 Å². The average Bonchev–Trinajstić information content (AvgIpc) is 3.40. The van der Waals surface area contributed by atoms with E-state index in [1.165, 1.54) is 0 Å². The second-order valence-corrected chi connectivity index (χ2v) is 7.16. The van der Waals surface area contributed by atoms with E-state index in [0.29, 0.717) is 33.7 Å². The molecule has 0 spiro atoms. The zero-order valence-electron chi connectivity index (χ0n) is 16.7. The van der Waals surface area contributed by atoms with Gasteiger partial charge in [0.2, 0.25) is 5.89 Å². The number of hydrogen-bond donors (Lipinski definition) is 0. The third-order valence-electron chi connectivity index (χ3n) is 5.15. The molecule has 0 atom stereocenters. The molecule has 0 N–H and O–H groups in total. The molecule has 0 aliphatic heterocycles. The molecule has 0 saturated heterocycles. The number of hydrogen-bond acceptors (Lipinski definition) is 5. The lowest BCUT2D eigenvalue weighted by Gasteiger charge is -2.02. The Kier molecular flexibility index (Phi) is 4.56. The first kappa shape index (κ1) is 18.8. The van der Waals surface area contributed by atoms with Gasteiger partial charge in [0.25, 0.3) is 5.78 Å². The lowest BCUT2D eigenvalue weighted by Crippen LogP contribution is -2.04. The van der Waals surface area contributed by atoms with Crippen molar-refractivity contribution >= 4 is 23.0 Å². The van der Waals surface area contributed by atoms with E-state index in [1.807, 2.05) is 60.7 Å². The van der Waals surface area contributed by atoms with E-state index in [1.54, 1.807) is 25.1 Å². The maximum absolute atomic E-state index is 13.5. The Morgan fingerprint density at radius 1 is 0.871 bits per heavy atom. The van der Waals surface area contributed by atoms with Crippen molar-refractivity contribution in [1.82, 2.24) is 4.98 Å². The third kappa shape index (κ3) is 3.26. The molecular formula is C26H17NO4. The number of carbonyl (C=O) groups excluding carboxylic acids is 2. The van der Waals surface area contributed by atoms with E-state index in [2.05, 4.69) is 4.98 Å². The number of aldehydes is 1. The zero-order valence-corrected chi connectivity index (χ0v) is 16.7. The minimum absolute atomic E-state index is 0.167. The summed E-state index contributed by atoms with van der Waals surface area (Å²) in [4.78, 5) is 29.3. The van der Waals surface area contributed by atoms with Crippen LogP contribution in [0.3, 0.4) is 0 Å². The van der Waals surface area contributed by atoms with Crippen LogP contribution >= 0.6 is 0 Å². The first-order valence-electron chi connectivity index (χ1n) is 9.80. The van der Waals surface area contributed by atoms with E-state index in [-0.39, 0.29) is 17.2 Å². The largest absolute Gasteiger partial charge is 0.452 e. The smallest absolute Gasteiger partial charge is 0.250 e.